The van der Waals surface area contributed by atoms with Crippen molar-refractivity contribution in [2.24, 2.45) is 0 Å². The van der Waals surface area contributed by atoms with Gasteiger partial charge < -0.3 is 4.90 Å². The Morgan fingerprint density at radius 1 is 1.37 bits per heavy atom. The molecule has 1 aliphatic heterocycles. The summed E-state index contributed by atoms with van der Waals surface area (Å²) in [5.41, 5.74) is 0. The molecule has 1 N–H and O–H groups in total. The zero-order valence-electron chi connectivity index (χ0n) is 11.7. The van der Waals surface area contributed by atoms with Gasteiger partial charge in [0.1, 0.15) is 5.01 Å². The molecule has 7 heteroatoms. The number of nitrogens with one attached hydrogen (secondary N) is 1. The van der Waals surface area contributed by atoms with Gasteiger partial charge in [0.15, 0.2) is 0 Å². The zero-order chi connectivity index (χ0) is 13.8. The second kappa shape index (κ2) is 6.40. The smallest absolute Gasteiger partial charge is 0.243 e. The molecule has 0 radical (unpaired) electrons. The summed E-state index contributed by atoms with van der Waals surface area (Å²) < 4.78 is 0. The molecule has 0 unspecified atom stereocenters. The number of carbonyl (C=O) groups excluding carboxylic acids is 1. The van der Waals surface area contributed by atoms with Gasteiger partial charge in [-0.05, 0) is 20.4 Å². The number of nitrogens with zero attached hydrogens (tertiary/aromatic N) is 4. The van der Waals surface area contributed by atoms with Gasteiger partial charge in [-0.3, -0.25) is 15.0 Å². The summed E-state index contributed by atoms with van der Waals surface area (Å²) in [7, 11) is 2.11. The molecule has 1 aromatic heterocycles. The lowest BCUT2D eigenvalue weighted by Gasteiger charge is -2.35. The summed E-state index contributed by atoms with van der Waals surface area (Å²) in [6, 6.07) is -0.123. The predicted octanol–water partition coefficient (Wildman–Crippen LogP) is 0.675. The summed E-state index contributed by atoms with van der Waals surface area (Å²) in [5, 5.41) is 12.4. The quantitative estimate of drug-likeness (QED) is 0.880. The Balaban J connectivity index is 1.88. The number of hydrogen-bond donors (Lipinski definition) is 1. The van der Waals surface area contributed by atoms with Crippen LogP contribution in [-0.2, 0) is 11.2 Å². The van der Waals surface area contributed by atoms with Crippen LogP contribution in [-0.4, -0.2) is 65.2 Å². The van der Waals surface area contributed by atoms with Crippen molar-refractivity contribution < 1.29 is 4.79 Å². The van der Waals surface area contributed by atoms with Crippen LogP contribution in [0.3, 0.4) is 0 Å². The molecule has 1 aliphatic rings. The molecular formula is C12H21N5OS. The molecule has 0 saturated carbocycles. The van der Waals surface area contributed by atoms with Crippen LogP contribution < -0.4 is 5.32 Å². The van der Waals surface area contributed by atoms with E-state index in [0.29, 0.717) is 5.13 Å². The topological polar surface area (TPSA) is 61.4 Å². The highest BCUT2D eigenvalue weighted by Crippen LogP contribution is 2.16. The van der Waals surface area contributed by atoms with Crippen LogP contribution in [0.25, 0.3) is 0 Å². The SMILES string of the molecule is CCc1nnc(NC(=O)[C@@H](C)N2CCN(C)CC2)s1. The molecular weight excluding hydrogens is 262 g/mol. The van der Waals surface area contributed by atoms with Crippen molar-refractivity contribution in [2.75, 3.05) is 38.5 Å². The lowest BCUT2D eigenvalue weighted by atomic mass is 10.2. The highest BCUT2D eigenvalue weighted by Gasteiger charge is 2.24. The van der Waals surface area contributed by atoms with Gasteiger partial charge in [-0.25, -0.2) is 0 Å². The van der Waals surface area contributed by atoms with Crippen molar-refractivity contribution >= 4 is 22.4 Å². The number of carbonyl (C=O) groups is 1. The highest BCUT2D eigenvalue weighted by molar-refractivity contribution is 7.15. The number of likely N-dealkylation sites (N-methyl/N-ethyl adjacent to an activating group) is 1. The molecule has 0 bridgehead atoms. The van der Waals surface area contributed by atoms with E-state index in [1.165, 1.54) is 11.3 Å². The third kappa shape index (κ3) is 3.71. The fourth-order valence-corrected chi connectivity index (χ4v) is 2.71. The largest absolute Gasteiger partial charge is 0.304 e. The lowest BCUT2D eigenvalue weighted by molar-refractivity contribution is -0.121. The first kappa shape index (κ1) is 14.4. The minimum atomic E-state index is -0.123. The minimum absolute atomic E-state index is 0.00311. The summed E-state index contributed by atoms with van der Waals surface area (Å²) in [6.45, 7) is 7.86. The van der Waals surface area contributed by atoms with Crippen LogP contribution in [0.4, 0.5) is 5.13 Å². The number of hydrogen-bond acceptors (Lipinski definition) is 6. The first-order valence-electron chi connectivity index (χ1n) is 6.66. The summed E-state index contributed by atoms with van der Waals surface area (Å²) >= 11 is 1.44. The molecule has 0 aliphatic carbocycles. The third-order valence-corrected chi connectivity index (χ3v) is 4.45. The molecule has 1 fully saturated rings. The van der Waals surface area contributed by atoms with Crippen LogP contribution >= 0.6 is 11.3 Å². The Kier molecular flexibility index (Phi) is 4.84. The van der Waals surface area contributed by atoms with Gasteiger partial charge in [0, 0.05) is 26.2 Å². The molecule has 1 aromatic rings. The van der Waals surface area contributed by atoms with Crippen LogP contribution in [0.1, 0.15) is 18.9 Å². The summed E-state index contributed by atoms with van der Waals surface area (Å²) in [4.78, 5) is 16.6. The molecule has 6 nitrogen and oxygen atoms in total. The maximum Gasteiger partial charge on any atom is 0.243 e. The van der Waals surface area contributed by atoms with Crippen molar-refractivity contribution in [1.82, 2.24) is 20.0 Å². The maximum absolute atomic E-state index is 12.2. The summed E-state index contributed by atoms with van der Waals surface area (Å²) in [6.07, 6.45) is 0.849. The second-order valence-corrected chi connectivity index (χ2v) is 5.92. The molecule has 2 rings (SSSR count). The molecule has 2 heterocycles. The number of amides is 1. The molecule has 0 aromatic carbocycles. The third-order valence-electron chi connectivity index (χ3n) is 3.46. The van der Waals surface area contributed by atoms with Crippen molar-refractivity contribution in [3.05, 3.63) is 5.01 Å². The fourth-order valence-electron chi connectivity index (χ4n) is 2.03. The minimum Gasteiger partial charge on any atom is -0.304 e. The maximum atomic E-state index is 12.2. The molecule has 1 amide bonds. The lowest BCUT2D eigenvalue weighted by Crippen LogP contribution is -2.51. The van der Waals surface area contributed by atoms with Gasteiger partial charge in [0.25, 0.3) is 0 Å². The Morgan fingerprint density at radius 3 is 2.63 bits per heavy atom. The van der Waals surface area contributed by atoms with Gasteiger partial charge in [-0.1, -0.05) is 18.3 Å². The Bertz CT molecular complexity index is 428. The molecule has 0 spiro atoms. The average molecular weight is 283 g/mol. The van der Waals surface area contributed by atoms with E-state index in [0.717, 1.165) is 37.6 Å². The number of aryl methyl sites for hydroxylation is 1. The van der Waals surface area contributed by atoms with Gasteiger partial charge in [0.2, 0.25) is 11.0 Å². The summed E-state index contributed by atoms with van der Waals surface area (Å²) in [5.74, 6) is 0.00311. The predicted molar refractivity (Wildman–Crippen MR) is 76.4 cm³/mol. The standard InChI is InChI=1S/C12H21N5OS/c1-4-10-14-15-12(19-10)13-11(18)9(2)17-7-5-16(3)6-8-17/h9H,4-8H2,1-3H3,(H,13,15,18)/t9-/m1/s1. The van der Waals surface area contributed by atoms with Crippen LogP contribution in [0, 0.1) is 0 Å². The van der Waals surface area contributed by atoms with Crippen molar-refractivity contribution in [3.8, 4) is 0 Å². The van der Waals surface area contributed by atoms with E-state index in [9.17, 15) is 4.79 Å². The van der Waals surface area contributed by atoms with Gasteiger partial charge >= 0.3 is 0 Å². The first-order valence-corrected chi connectivity index (χ1v) is 7.47. The monoisotopic (exact) mass is 283 g/mol. The Morgan fingerprint density at radius 2 is 2.05 bits per heavy atom. The Labute approximate surface area is 117 Å². The van der Waals surface area contributed by atoms with E-state index < -0.39 is 0 Å². The van der Waals surface area contributed by atoms with Crippen LogP contribution in [0.5, 0.6) is 0 Å². The average Bonchev–Trinajstić information content (AvgIpc) is 2.86. The Hall–Kier alpha value is -1.05. The number of rotatable bonds is 4. The number of aromatic nitrogens is 2. The molecule has 1 saturated heterocycles. The zero-order valence-corrected chi connectivity index (χ0v) is 12.5. The van der Waals surface area contributed by atoms with Crippen LogP contribution in [0.2, 0.25) is 0 Å². The van der Waals surface area contributed by atoms with Gasteiger partial charge in [0.05, 0.1) is 6.04 Å². The van der Waals surface area contributed by atoms with Crippen LogP contribution in [0.15, 0.2) is 0 Å². The highest BCUT2D eigenvalue weighted by atomic mass is 32.1. The van der Waals surface area contributed by atoms with E-state index in [1.54, 1.807) is 0 Å². The van der Waals surface area contributed by atoms with Crippen molar-refractivity contribution in [3.63, 3.8) is 0 Å². The fraction of sp³-hybridized carbons (Fsp3) is 0.750. The van der Waals surface area contributed by atoms with E-state index in [1.807, 2.05) is 13.8 Å². The molecule has 19 heavy (non-hydrogen) atoms. The van der Waals surface area contributed by atoms with Crippen molar-refractivity contribution in [2.45, 2.75) is 26.3 Å². The van der Waals surface area contributed by atoms with E-state index in [2.05, 4.69) is 32.4 Å². The van der Waals surface area contributed by atoms with Gasteiger partial charge in [-0.2, -0.15) is 0 Å². The second-order valence-electron chi connectivity index (χ2n) is 4.86. The van der Waals surface area contributed by atoms with E-state index in [-0.39, 0.29) is 11.9 Å². The normalized spacial score (nSPS) is 19.3. The number of piperazine rings is 1. The van der Waals surface area contributed by atoms with E-state index >= 15 is 0 Å². The van der Waals surface area contributed by atoms with E-state index in [4.69, 9.17) is 0 Å². The first-order chi connectivity index (χ1) is 9.10. The van der Waals surface area contributed by atoms with Crippen molar-refractivity contribution in [1.29, 1.82) is 0 Å². The van der Waals surface area contributed by atoms with Gasteiger partial charge in [-0.15, -0.1) is 10.2 Å². The molecule has 106 valence electrons. The molecule has 1 atom stereocenters. The number of anilines is 1.